The number of aromatic nitrogens is 1. The molecular formula is C30H35N7O3S. The van der Waals surface area contributed by atoms with Crippen molar-refractivity contribution in [2.75, 3.05) is 55.8 Å². The van der Waals surface area contributed by atoms with Gasteiger partial charge in [0.05, 0.1) is 13.2 Å². The number of amides is 3. The van der Waals surface area contributed by atoms with Crippen LogP contribution in [0.4, 0.5) is 22.0 Å². The third kappa shape index (κ3) is 7.39. The number of nitrogens with two attached hydrogens (primary N) is 2. The predicted octanol–water partition coefficient (Wildman–Crippen LogP) is 4.03. The summed E-state index contributed by atoms with van der Waals surface area (Å²) in [5.41, 5.74) is 17.2. The van der Waals surface area contributed by atoms with Crippen molar-refractivity contribution in [3.8, 4) is 11.1 Å². The monoisotopic (exact) mass is 573 g/mol. The number of fused-ring (bicyclic) bond motifs is 1. The summed E-state index contributed by atoms with van der Waals surface area (Å²) in [6.07, 6.45) is 2.74. The van der Waals surface area contributed by atoms with E-state index in [1.807, 2.05) is 48.5 Å². The van der Waals surface area contributed by atoms with E-state index in [2.05, 4.69) is 31.2 Å². The number of carbonyl (C=O) groups is 2. The van der Waals surface area contributed by atoms with Gasteiger partial charge in [0.2, 0.25) is 5.91 Å². The second-order valence-corrected chi connectivity index (χ2v) is 10.8. The number of ether oxygens (including phenoxy) is 1. The highest BCUT2D eigenvalue weighted by Crippen LogP contribution is 2.39. The fourth-order valence-electron chi connectivity index (χ4n) is 4.83. The zero-order chi connectivity index (χ0) is 28.6. The number of thiophene rings is 1. The molecule has 7 N–H and O–H groups in total. The molecule has 0 unspecified atom stereocenters. The van der Waals surface area contributed by atoms with Gasteiger partial charge in [-0.2, -0.15) is 0 Å². The van der Waals surface area contributed by atoms with Gasteiger partial charge in [0.1, 0.15) is 5.82 Å². The first-order valence-electron chi connectivity index (χ1n) is 13.7. The number of anilines is 3. The molecule has 1 aliphatic heterocycles. The minimum atomic E-state index is -0.337. The second kappa shape index (κ2) is 13.6. The minimum Gasteiger partial charge on any atom is -0.383 e. The molecule has 0 spiro atoms. The van der Waals surface area contributed by atoms with Gasteiger partial charge in [0, 0.05) is 72.4 Å². The van der Waals surface area contributed by atoms with Crippen molar-refractivity contribution in [2.45, 2.75) is 19.4 Å². The summed E-state index contributed by atoms with van der Waals surface area (Å²) in [6, 6.07) is 14.7. The van der Waals surface area contributed by atoms with E-state index in [9.17, 15) is 9.59 Å². The summed E-state index contributed by atoms with van der Waals surface area (Å²) >= 11 is 1.60. The first-order valence-corrected chi connectivity index (χ1v) is 14.6. The average Bonchev–Trinajstić information content (AvgIpc) is 3.44. The predicted molar refractivity (Wildman–Crippen MR) is 165 cm³/mol. The molecule has 0 radical (unpaired) electrons. The first-order chi connectivity index (χ1) is 20.0. The normalized spacial score (nSPS) is 13.7. The van der Waals surface area contributed by atoms with Crippen molar-refractivity contribution < 1.29 is 14.3 Å². The van der Waals surface area contributed by atoms with Crippen LogP contribution in [0.5, 0.6) is 0 Å². The zero-order valence-corrected chi connectivity index (χ0v) is 23.6. The smallest absolute Gasteiger partial charge is 0.323 e. The van der Waals surface area contributed by atoms with Crippen molar-refractivity contribution in [1.29, 1.82) is 0 Å². The summed E-state index contributed by atoms with van der Waals surface area (Å²) < 4.78 is 6.41. The van der Waals surface area contributed by atoms with Gasteiger partial charge in [-0.15, -0.1) is 11.3 Å². The molecule has 5 rings (SSSR count). The van der Waals surface area contributed by atoms with Crippen LogP contribution in [0.25, 0.3) is 21.2 Å². The van der Waals surface area contributed by atoms with Crippen molar-refractivity contribution in [3.63, 3.8) is 0 Å². The summed E-state index contributed by atoms with van der Waals surface area (Å²) in [6.45, 7) is 5.18. The highest BCUT2D eigenvalue weighted by molar-refractivity contribution is 7.18. The van der Waals surface area contributed by atoms with E-state index in [-0.39, 0.29) is 11.9 Å². The van der Waals surface area contributed by atoms with E-state index in [1.54, 1.807) is 17.5 Å². The van der Waals surface area contributed by atoms with E-state index in [1.165, 1.54) is 0 Å². The number of pyridine rings is 1. The summed E-state index contributed by atoms with van der Waals surface area (Å²) in [5.74, 6) is 0.482. The number of hydrogen-bond donors (Lipinski definition) is 5. The maximum Gasteiger partial charge on any atom is 0.323 e. The van der Waals surface area contributed by atoms with E-state index in [0.29, 0.717) is 43.1 Å². The fourth-order valence-corrected chi connectivity index (χ4v) is 5.96. The molecule has 11 heteroatoms. The van der Waals surface area contributed by atoms with Crippen molar-refractivity contribution in [1.82, 2.24) is 15.2 Å². The Balaban J connectivity index is 1.20. The molecule has 0 saturated carbocycles. The van der Waals surface area contributed by atoms with Gasteiger partial charge in [-0.3, -0.25) is 9.69 Å². The Labute approximate surface area is 243 Å². The number of nitrogen functional groups attached to an aromatic ring is 1. The van der Waals surface area contributed by atoms with Crippen LogP contribution >= 0.6 is 11.3 Å². The summed E-state index contributed by atoms with van der Waals surface area (Å²) in [5, 5.41) is 11.7. The number of benzene rings is 2. The number of urea groups is 1. The van der Waals surface area contributed by atoms with E-state index < -0.39 is 0 Å². The van der Waals surface area contributed by atoms with Crippen LogP contribution in [-0.2, 0) is 22.5 Å². The fraction of sp³-hybridized carbons (Fsp3) is 0.300. The SMILES string of the molecule is NCc1cccc(NC(=O)Nc2ccc(-c3csc4c(CCC(=O)NCCN5CCOCC5)cnc(N)c34)cc2)c1. The Hall–Kier alpha value is -4.03. The van der Waals surface area contributed by atoms with Gasteiger partial charge in [-0.05, 0) is 52.8 Å². The number of nitrogens with zero attached hydrogens (tertiary/aromatic N) is 2. The van der Waals surface area contributed by atoms with Crippen LogP contribution in [0, 0.1) is 0 Å². The van der Waals surface area contributed by atoms with Crippen molar-refractivity contribution in [3.05, 3.63) is 71.2 Å². The number of hydrogen-bond acceptors (Lipinski definition) is 8. The Morgan fingerprint density at radius 2 is 1.83 bits per heavy atom. The number of morpholine rings is 1. The molecule has 3 heterocycles. The first kappa shape index (κ1) is 28.5. The molecule has 41 heavy (non-hydrogen) atoms. The van der Waals surface area contributed by atoms with Crippen LogP contribution in [0.1, 0.15) is 17.5 Å². The number of aryl methyl sites for hydroxylation is 1. The highest BCUT2D eigenvalue weighted by Gasteiger charge is 2.16. The van der Waals surface area contributed by atoms with E-state index >= 15 is 0 Å². The van der Waals surface area contributed by atoms with Crippen LogP contribution in [0.3, 0.4) is 0 Å². The Kier molecular flexibility index (Phi) is 9.42. The van der Waals surface area contributed by atoms with Gasteiger partial charge in [0.25, 0.3) is 0 Å². The molecule has 2 aromatic carbocycles. The molecule has 0 atom stereocenters. The molecule has 10 nitrogen and oxygen atoms in total. The molecular weight excluding hydrogens is 538 g/mol. The maximum absolute atomic E-state index is 12.5. The minimum absolute atomic E-state index is 0.0271. The lowest BCUT2D eigenvalue weighted by Gasteiger charge is -2.26. The quantitative estimate of drug-likeness (QED) is 0.192. The van der Waals surface area contributed by atoms with Crippen LogP contribution in [-0.4, -0.2) is 61.2 Å². The summed E-state index contributed by atoms with van der Waals surface area (Å²) in [4.78, 5) is 31.7. The van der Waals surface area contributed by atoms with Crippen molar-refractivity contribution in [2.24, 2.45) is 5.73 Å². The third-order valence-corrected chi connectivity index (χ3v) is 8.10. The summed E-state index contributed by atoms with van der Waals surface area (Å²) in [7, 11) is 0. The lowest BCUT2D eigenvalue weighted by atomic mass is 10.0. The molecule has 0 bridgehead atoms. The lowest BCUT2D eigenvalue weighted by molar-refractivity contribution is -0.121. The average molecular weight is 574 g/mol. The lowest BCUT2D eigenvalue weighted by Crippen LogP contribution is -2.41. The maximum atomic E-state index is 12.5. The molecule has 4 aromatic rings. The largest absolute Gasteiger partial charge is 0.383 e. The molecule has 1 aliphatic rings. The van der Waals surface area contributed by atoms with E-state index in [4.69, 9.17) is 16.2 Å². The van der Waals surface area contributed by atoms with Gasteiger partial charge < -0.3 is 32.2 Å². The topological polar surface area (TPSA) is 148 Å². The third-order valence-electron chi connectivity index (χ3n) is 7.05. The molecule has 1 saturated heterocycles. The van der Waals surface area contributed by atoms with Crippen molar-refractivity contribution >= 4 is 50.6 Å². The van der Waals surface area contributed by atoms with Crippen LogP contribution < -0.4 is 27.4 Å². The van der Waals surface area contributed by atoms with Gasteiger partial charge in [-0.1, -0.05) is 24.3 Å². The Morgan fingerprint density at radius 3 is 2.61 bits per heavy atom. The Bertz CT molecular complexity index is 1500. The number of rotatable bonds is 10. The number of carbonyl (C=O) groups excluding carboxylic acids is 2. The van der Waals surface area contributed by atoms with E-state index in [0.717, 1.165) is 65.2 Å². The van der Waals surface area contributed by atoms with Crippen LogP contribution in [0.15, 0.2) is 60.1 Å². The van der Waals surface area contributed by atoms with Crippen LogP contribution in [0.2, 0.25) is 0 Å². The molecule has 0 aliphatic carbocycles. The molecule has 3 amide bonds. The molecule has 214 valence electrons. The van der Waals surface area contributed by atoms with Gasteiger partial charge in [-0.25, -0.2) is 9.78 Å². The standard InChI is InChI=1S/C30H35N7O3S/c31-17-20-2-1-3-24(16-20)36-30(39)35-23-7-4-21(5-8-23)25-19-41-28-22(18-34-29(32)27(25)28)6-9-26(38)33-10-11-37-12-14-40-15-13-37/h1-5,7-8,16,18-19H,6,9-15,17,31H2,(H2,32,34)(H,33,38)(H2,35,36,39). The molecule has 1 fully saturated rings. The van der Waals surface area contributed by atoms with Gasteiger partial charge in [0.15, 0.2) is 0 Å². The molecule has 2 aromatic heterocycles. The second-order valence-electron chi connectivity index (χ2n) is 9.89. The zero-order valence-electron chi connectivity index (χ0n) is 22.8. The Morgan fingerprint density at radius 1 is 1.05 bits per heavy atom. The van der Waals surface area contributed by atoms with Gasteiger partial charge >= 0.3 is 6.03 Å². The number of nitrogens with one attached hydrogen (secondary N) is 3. The highest BCUT2D eigenvalue weighted by atomic mass is 32.1.